The summed E-state index contributed by atoms with van der Waals surface area (Å²) in [5, 5.41) is 10.9. The quantitative estimate of drug-likeness (QED) is 0.384. The Morgan fingerprint density at radius 3 is 2.59 bits per heavy atom. The van der Waals surface area contributed by atoms with Crippen LogP contribution in [0.15, 0.2) is 60.0 Å². The number of nitrogens with zero attached hydrogens (tertiary/aromatic N) is 3. The molecule has 4 rings (SSSR count). The predicted octanol–water partition coefficient (Wildman–Crippen LogP) is 4.74. The topological polar surface area (TPSA) is 90.7 Å². The molecule has 1 aromatic heterocycles. The number of carbonyl (C=O) groups excluding carboxylic acids is 3. The maximum atomic E-state index is 13.8. The Hall–Kier alpha value is -3.96. The summed E-state index contributed by atoms with van der Waals surface area (Å²) in [6.07, 6.45) is 1.45. The van der Waals surface area contributed by atoms with Crippen LogP contribution in [0.2, 0.25) is 0 Å². The zero-order valence-electron chi connectivity index (χ0n) is 21.0. The van der Waals surface area contributed by atoms with E-state index >= 15 is 0 Å². The molecule has 1 unspecified atom stereocenters. The van der Waals surface area contributed by atoms with E-state index in [0.717, 1.165) is 22.4 Å². The van der Waals surface area contributed by atoms with Gasteiger partial charge in [-0.1, -0.05) is 36.4 Å². The molecule has 0 radical (unpaired) electrons. The van der Waals surface area contributed by atoms with Crippen molar-refractivity contribution in [3.63, 3.8) is 0 Å². The largest absolute Gasteiger partial charge is 0.466 e. The number of hydrogen-bond donors (Lipinski definition) is 0. The zero-order chi connectivity index (χ0) is 26.4. The number of esters is 1. The number of fused-ring (bicyclic) bond motifs is 1. The van der Waals surface area contributed by atoms with Crippen LogP contribution >= 0.6 is 11.3 Å². The molecule has 2 aromatic carbocycles. The Morgan fingerprint density at radius 2 is 1.89 bits per heavy atom. The monoisotopic (exact) mass is 515 g/mol. The third kappa shape index (κ3) is 6.25. The first kappa shape index (κ1) is 26.1. The van der Waals surface area contributed by atoms with Gasteiger partial charge in [0, 0.05) is 16.3 Å². The second-order valence-corrected chi connectivity index (χ2v) is 10.0. The van der Waals surface area contributed by atoms with Crippen molar-refractivity contribution in [2.24, 2.45) is 0 Å². The first-order chi connectivity index (χ1) is 17.9. The molecule has 0 fully saturated rings. The molecule has 1 aliphatic rings. The normalized spacial score (nSPS) is 14.1. The minimum atomic E-state index is -0.501. The molecule has 1 atom stereocenters. The Morgan fingerprint density at radius 1 is 1.11 bits per heavy atom. The average Bonchev–Trinajstić information content (AvgIpc) is 3.34. The van der Waals surface area contributed by atoms with E-state index in [4.69, 9.17) is 10.00 Å². The maximum Gasteiger partial charge on any atom is 0.307 e. The minimum Gasteiger partial charge on any atom is -0.466 e. The van der Waals surface area contributed by atoms with Gasteiger partial charge in [0.2, 0.25) is 5.91 Å². The van der Waals surface area contributed by atoms with E-state index in [1.807, 2.05) is 60.0 Å². The van der Waals surface area contributed by atoms with Crippen molar-refractivity contribution in [1.82, 2.24) is 4.90 Å². The number of benzene rings is 2. The van der Waals surface area contributed by atoms with Gasteiger partial charge in [0.05, 0.1) is 42.5 Å². The van der Waals surface area contributed by atoms with E-state index in [1.54, 1.807) is 30.1 Å². The highest BCUT2D eigenvalue weighted by atomic mass is 32.1. The molecule has 0 saturated heterocycles. The summed E-state index contributed by atoms with van der Waals surface area (Å²) in [5.74, 6) is -0.884. The smallest absolute Gasteiger partial charge is 0.307 e. The van der Waals surface area contributed by atoms with Gasteiger partial charge in [-0.15, -0.1) is 11.3 Å². The fraction of sp³-hybridized carbons (Fsp3) is 0.310. The Labute approximate surface area is 220 Å². The lowest BCUT2D eigenvalue weighted by atomic mass is 10.0. The Bertz CT molecular complexity index is 1330. The summed E-state index contributed by atoms with van der Waals surface area (Å²) in [7, 11) is 0. The summed E-state index contributed by atoms with van der Waals surface area (Å²) < 4.78 is 5.08. The maximum absolute atomic E-state index is 13.8. The van der Waals surface area contributed by atoms with Crippen LogP contribution in [0.4, 0.5) is 5.69 Å². The third-order valence-electron chi connectivity index (χ3n) is 6.38. The molecule has 190 valence electrons. The van der Waals surface area contributed by atoms with E-state index in [0.29, 0.717) is 29.8 Å². The molecule has 0 spiro atoms. The van der Waals surface area contributed by atoms with Crippen LogP contribution in [-0.2, 0) is 33.7 Å². The summed E-state index contributed by atoms with van der Waals surface area (Å²) in [6.45, 7) is 3.98. The first-order valence-corrected chi connectivity index (χ1v) is 13.2. The van der Waals surface area contributed by atoms with Gasteiger partial charge in [-0.05, 0) is 56.0 Å². The van der Waals surface area contributed by atoms with Gasteiger partial charge in [-0.25, -0.2) is 0 Å². The van der Waals surface area contributed by atoms with E-state index in [9.17, 15) is 14.4 Å². The van der Waals surface area contributed by atoms with Gasteiger partial charge in [0.25, 0.3) is 5.91 Å². The predicted molar refractivity (Wildman–Crippen MR) is 142 cm³/mol. The SMILES string of the molecule is CCOC(=O)CC(C)N1CC(=O)N(Cc2ccccc2)c2ccc(CCc3cc(C#N)cs3)cc2C1=O. The molecular weight excluding hydrogens is 486 g/mol. The highest BCUT2D eigenvalue weighted by Gasteiger charge is 2.35. The lowest BCUT2D eigenvalue weighted by Crippen LogP contribution is -2.44. The van der Waals surface area contributed by atoms with Crippen LogP contribution in [0.1, 0.15) is 52.2 Å². The van der Waals surface area contributed by atoms with Crippen molar-refractivity contribution < 1.29 is 19.1 Å². The number of ether oxygens (including phenoxy) is 1. The second-order valence-electron chi connectivity index (χ2n) is 9.02. The van der Waals surface area contributed by atoms with Crippen LogP contribution in [-0.4, -0.2) is 41.9 Å². The lowest BCUT2D eigenvalue weighted by molar-refractivity contribution is -0.144. The van der Waals surface area contributed by atoms with Gasteiger partial charge in [0.15, 0.2) is 0 Å². The molecule has 0 aliphatic carbocycles. The van der Waals surface area contributed by atoms with Gasteiger partial charge < -0.3 is 14.5 Å². The van der Waals surface area contributed by atoms with E-state index in [1.165, 1.54) is 4.90 Å². The van der Waals surface area contributed by atoms with Crippen LogP contribution in [0, 0.1) is 11.3 Å². The number of hydrogen-bond acceptors (Lipinski definition) is 6. The van der Waals surface area contributed by atoms with Crippen molar-refractivity contribution >= 4 is 34.8 Å². The summed E-state index contributed by atoms with van der Waals surface area (Å²) in [6, 6.07) is 18.9. The fourth-order valence-corrected chi connectivity index (χ4v) is 5.26. The molecule has 0 saturated carbocycles. The number of nitriles is 1. The van der Waals surface area contributed by atoms with Crippen molar-refractivity contribution in [2.75, 3.05) is 18.1 Å². The minimum absolute atomic E-state index is 0.0141. The molecule has 3 aromatic rings. The second kappa shape index (κ2) is 11.8. The molecule has 37 heavy (non-hydrogen) atoms. The number of anilines is 1. The van der Waals surface area contributed by atoms with Gasteiger partial charge in [0.1, 0.15) is 6.54 Å². The standard InChI is InChI=1S/C29H29N3O4S/c1-3-36-28(34)13-20(2)31-18-27(33)32(17-22-7-5-4-6-8-22)26-12-10-21(15-25(26)29(31)35)9-11-24-14-23(16-30)19-37-24/h4-8,10,12,14-15,19-20H,3,9,11,13,17-18H2,1-2H3. The third-order valence-corrected chi connectivity index (χ3v) is 7.37. The van der Waals surface area contributed by atoms with Crippen LogP contribution in [0.5, 0.6) is 0 Å². The lowest BCUT2D eigenvalue weighted by Gasteiger charge is -2.27. The summed E-state index contributed by atoms with van der Waals surface area (Å²) >= 11 is 1.55. The number of amides is 2. The fourth-order valence-electron chi connectivity index (χ4n) is 4.44. The Kier molecular flexibility index (Phi) is 8.36. The Balaban J connectivity index is 1.66. The first-order valence-electron chi connectivity index (χ1n) is 12.3. The molecule has 0 bridgehead atoms. The summed E-state index contributed by atoms with van der Waals surface area (Å²) in [4.78, 5) is 43.6. The molecule has 2 heterocycles. The number of carbonyl (C=O) groups is 3. The van der Waals surface area contributed by atoms with Crippen molar-refractivity contribution in [2.45, 2.75) is 45.7 Å². The average molecular weight is 516 g/mol. The number of thiophene rings is 1. The number of rotatable bonds is 9. The van der Waals surface area contributed by atoms with E-state index < -0.39 is 12.0 Å². The van der Waals surface area contributed by atoms with E-state index in [-0.39, 0.29) is 31.4 Å². The number of aryl methyl sites for hydroxylation is 2. The molecule has 0 N–H and O–H groups in total. The molecule has 8 heteroatoms. The van der Waals surface area contributed by atoms with Crippen molar-refractivity contribution in [3.8, 4) is 6.07 Å². The van der Waals surface area contributed by atoms with Gasteiger partial charge >= 0.3 is 5.97 Å². The van der Waals surface area contributed by atoms with Gasteiger partial charge in [-0.2, -0.15) is 5.26 Å². The van der Waals surface area contributed by atoms with Crippen molar-refractivity contribution in [1.29, 1.82) is 5.26 Å². The molecular formula is C29H29N3O4S. The molecule has 2 amide bonds. The van der Waals surface area contributed by atoms with Gasteiger partial charge in [-0.3, -0.25) is 14.4 Å². The molecule has 7 nitrogen and oxygen atoms in total. The summed E-state index contributed by atoms with van der Waals surface area (Å²) in [5.41, 5.74) is 3.58. The van der Waals surface area contributed by atoms with E-state index in [2.05, 4.69) is 6.07 Å². The zero-order valence-corrected chi connectivity index (χ0v) is 21.8. The highest BCUT2D eigenvalue weighted by molar-refractivity contribution is 7.10. The van der Waals surface area contributed by atoms with Crippen LogP contribution in [0.3, 0.4) is 0 Å². The van der Waals surface area contributed by atoms with Crippen LogP contribution < -0.4 is 4.90 Å². The van der Waals surface area contributed by atoms with Crippen molar-refractivity contribution in [3.05, 3.63) is 87.1 Å². The molecule has 1 aliphatic heterocycles. The highest BCUT2D eigenvalue weighted by Crippen LogP contribution is 2.30. The van der Waals surface area contributed by atoms with Crippen LogP contribution in [0.25, 0.3) is 0 Å².